The van der Waals surface area contributed by atoms with Crippen LogP contribution in [0.3, 0.4) is 0 Å². The lowest BCUT2D eigenvalue weighted by Crippen LogP contribution is -2.35. The first-order valence-corrected chi connectivity index (χ1v) is 5.88. The van der Waals surface area contributed by atoms with Crippen LogP contribution in [0.2, 0.25) is 0 Å². The monoisotopic (exact) mass is 322 g/mol. The van der Waals surface area contributed by atoms with Crippen molar-refractivity contribution >= 4 is 39.9 Å². The number of anilines is 1. The molecule has 1 heterocycles. The normalized spacial score (nSPS) is 22.9. The average molecular weight is 324 g/mol. The summed E-state index contributed by atoms with van der Waals surface area (Å²) < 4.78 is 13.8. The van der Waals surface area contributed by atoms with Crippen molar-refractivity contribution in [3.05, 3.63) is 28.7 Å². The van der Waals surface area contributed by atoms with Gasteiger partial charge >= 0.3 is 0 Å². The molecule has 94 valence electrons. The van der Waals surface area contributed by atoms with Crippen LogP contribution in [-0.2, 0) is 4.79 Å². The van der Waals surface area contributed by atoms with Gasteiger partial charge in [-0.1, -0.05) is 22.0 Å². The van der Waals surface area contributed by atoms with Crippen LogP contribution in [0.1, 0.15) is 6.42 Å². The summed E-state index contributed by atoms with van der Waals surface area (Å²) in [6, 6.07) is 6.89. The zero-order valence-corrected chi connectivity index (χ0v) is 11.4. The number of hydrogen-bond donors (Lipinski definition) is 2. The summed E-state index contributed by atoms with van der Waals surface area (Å²) in [4.78, 5) is 11.7. The Morgan fingerprint density at radius 3 is 2.88 bits per heavy atom. The lowest BCUT2D eigenvalue weighted by Gasteiger charge is -2.10. The van der Waals surface area contributed by atoms with Crippen molar-refractivity contribution < 1.29 is 9.18 Å². The van der Waals surface area contributed by atoms with Crippen LogP contribution in [0.4, 0.5) is 10.1 Å². The number of nitrogens with one attached hydrogen (secondary N) is 2. The van der Waals surface area contributed by atoms with E-state index >= 15 is 0 Å². The highest BCUT2D eigenvalue weighted by Gasteiger charge is 2.29. The van der Waals surface area contributed by atoms with Gasteiger partial charge in [-0.05, 0) is 18.2 Å². The smallest absolute Gasteiger partial charge is 0.241 e. The Hall–Kier alpha value is -0.650. The molecule has 2 rings (SSSR count). The molecule has 1 saturated heterocycles. The third-order valence-corrected chi connectivity index (χ3v) is 2.98. The molecule has 0 aliphatic carbocycles. The summed E-state index contributed by atoms with van der Waals surface area (Å²) in [5.74, 6) is -0.182. The van der Waals surface area contributed by atoms with E-state index in [1.165, 1.54) is 0 Å². The van der Waals surface area contributed by atoms with E-state index in [1.807, 2.05) is 12.1 Å². The van der Waals surface area contributed by atoms with Crippen molar-refractivity contribution in [2.45, 2.75) is 18.6 Å². The molecule has 2 atom stereocenters. The van der Waals surface area contributed by atoms with Gasteiger partial charge in [0.1, 0.15) is 6.17 Å². The van der Waals surface area contributed by atoms with Gasteiger partial charge in [0.2, 0.25) is 5.91 Å². The number of carbonyl (C=O) groups excluding carboxylic acids is 1. The summed E-state index contributed by atoms with van der Waals surface area (Å²) in [5, 5.41) is 5.59. The zero-order chi connectivity index (χ0) is 11.5. The summed E-state index contributed by atoms with van der Waals surface area (Å²) in [5.41, 5.74) is 0.712. The average Bonchev–Trinajstić information content (AvgIpc) is 2.65. The maximum atomic E-state index is 12.9. The van der Waals surface area contributed by atoms with E-state index in [9.17, 15) is 9.18 Å². The van der Waals surface area contributed by atoms with Crippen molar-refractivity contribution in [1.29, 1.82) is 0 Å². The lowest BCUT2D eigenvalue weighted by atomic mass is 10.2. The fourth-order valence-electron chi connectivity index (χ4n) is 1.69. The maximum Gasteiger partial charge on any atom is 0.241 e. The molecule has 1 aliphatic rings. The minimum atomic E-state index is -0.918. The maximum absolute atomic E-state index is 12.9. The summed E-state index contributed by atoms with van der Waals surface area (Å²) in [7, 11) is 0. The van der Waals surface area contributed by atoms with E-state index in [2.05, 4.69) is 26.6 Å². The molecule has 0 radical (unpaired) electrons. The highest BCUT2D eigenvalue weighted by molar-refractivity contribution is 9.10. The van der Waals surface area contributed by atoms with Gasteiger partial charge in [-0.2, -0.15) is 0 Å². The van der Waals surface area contributed by atoms with E-state index < -0.39 is 12.2 Å². The van der Waals surface area contributed by atoms with Gasteiger partial charge in [0.05, 0.1) is 6.04 Å². The minimum absolute atomic E-state index is 0. The quantitative estimate of drug-likeness (QED) is 0.878. The van der Waals surface area contributed by atoms with Crippen LogP contribution in [0.15, 0.2) is 28.7 Å². The number of rotatable bonds is 2. The molecule has 1 aliphatic heterocycles. The highest BCUT2D eigenvalue weighted by Crippen LogP contribution is 2.17. The number of benzene rings is 1. The Morgan fingerprint density at radius 1 is 1.53 bits per heavy atom. The van der Waals surface area contributed by atoms with E-state index in [0.29, 0.717) is 5.69 Å². The molecule has 2 unspecified atom stereocenters. The number of hydrogen-bond acceptors (Lipinski definition) is 2. The first-order chi connectivity index (χ1) is 7.65. The molecular weight excluding hydrogens is 310 g/mol. The molecule has 6 heteroatoms. The van der Waals surface area contributed by atoms with Gasteiger partial charge in [0.25, 0.3) is 0 Å². The second-order valence-electron chi connectivity index (χ2n) is 3.79. The third-order valence-electron chi connectivity index (χ3n) is 2.49. The van der Waals surface area contributed by atoms with Crippen molar-refractivity contribution in [3.8, 4) is 0 Å². The third kappa shape index (κ3) is 3.94. The van der Waals surface area contributed by atoms with Gasteiger partial charge < -0.3 is 10.6 Å². The fraction of sp³-hybridized carbons (Fsp3) is 0.364. The fourth-order valence-corrected chi connectivity index (χ4v) is 2.09. The van der Waals surface area contributed by atoms with E-state index in [0.717, 1.165) is 4.47 Å². The number of carbonyl (C=O) groups is 1. The summed E-state index contributed by atoms with van der Waals surface area (Å²) in [6.45, 7) is 0.260. The topological polar surface area (TPSA) is 41.1 Å². The van der Waals surface area contributed by atoms with Crippen molar-refractivity contribution in [1.82, 2.24) is 5.32 Å². The molecule has 0 bridgehead atoms. The van der Waals surface area contributed by atoms with Gasteiger partial charge in [-0.3, -0.25) is 4.79 Å². The lowest BCUT2D eigenvalue weighted by molar-refractivity contribution is -0.117. The summed E-state index contributed by atoms with van der Waals surface area (Å²) in [6.07, 6.45) is -0.668. The molecular formula is C11H13BrClFN2O. The zero-order valence-electron chi connectivity index (χ0n) is 8.95. The van der Waals surface area contributed by atoms with E-state index in [1.54, 1.807) is 12.1 Å². The largest absolute Gasteiger partial charge is 0.325 e. The Balaban J connectivity index is 0.00000144. The molecule has 1 amide bonds. The molecule has 17 heavy (non-hydrogen) atoms. The van der Waals surface area contributed by atoms with E-state index in [4.69, 9.17) is 0 Å². The molecule has 1 fully saturated rings. The first-order valence-electron chi connectivity index (χ1n) is 5.09. The SMILES string of the molecule is Cl.O=C(Nc1cccc(Br)c1)C1CC(F)CN1. The van der Waals surface area contributed by atoms with Gasteiger partial charge in [0, 0.05) is 23.1 Å². The van der Waals surface area contributed by atoms with Gasteiger partial charge in [-0.15, -0.1) is 12.4 Å². The Morgan fingerprint density at radius 2 is 2.29 bits per heavy atom. The molecule has 1 aromatic rings. The van der Waals surface area contributed by atoms with Crippen LogP contribution in [0, 0.1) is 0 Å². The second-order valence-corrected chi connectivity index (χ2v) is 4.71. The minimum Gasteiger partial charge on any atom is -0.325 e. The number of alkyl halides is 1. The van der Waals surface area contributed by atoms with Crippen LogP contribution in [0.25, 0.3) is 0 Å². The Labute approximate surface area is 114 Å². The molecule has 1 aromatic carbocycles. The van der Waals surface area contributed by atoms with Crippen LogP contribution < -0.4 is 10.6 Å². The number of amides is 1. The van der Waals surface area contributed by atoms with Crippen molar-refractivity contribution in [3.63, 3.8) is 0 Å². The van der Waals surface area contributed by atoms with Crippen LogP contribution >= 0.6 is 28.3 Å². The molecule has 0 spiro atoms. The molecule has 0 aromatic heterocycles. The molecule has 3 nitrogen and oxygen atoms in total. The second kappa shape index (κ2) is 6.33. The number of halogens is 3. The van der Waals surface area contributed by atoms with Crippen LogP contribution in [0.5, 0.6) is 0 Å². The van der Waals surface area contributed by atoms with Gasteiger partial charge in [0.15, 0.2) is 0 Å². The van der Waals surface area contributed by atoms with Gasteiger partial charge in [-0.25, -0.2) is 4.39 Å². The van der Waals surface area contributed by atoms with E-state index in [-0.39, 0.29) is 31.3 Å². The first kappa shape index (κ1) is 14.4. The molecule has 2 N–H and O–H groups in total. The highest BCUT2D eigenvalue weighted by atomic mass is 79.9. The Kier molecular flexibility index (Phi) is 5.36. The predicted octanol–water partition coefficient (Wildman–Crippen LogP) is 2.51. The molecule has 0 saturated carbocycles. The Bertz CT molecular complexity index is 405. The van der Waals surface area contributed by atoms with Crippen molar-refractivity contribution in [2.24, 2.45) is 0 Å². The standard InChI is InChI=1S/C11H12BrFN2O.ClH/c12-7-2-1-3-9(4-7)15-11(16)10-5-8(13)6-14-10;/h1-4,8,10,14H,5-6H2,(H,15,16);1H. The summed E-state index contributed by atoms with van der Waals surface area (Å²) >= 11 is 3.32. The van der Waals surface area contributed by atoms with Crippen molar-refractivity contribution in [2.75, 3.05) is 11.9 Å². The van der Waals surface area contributed by atoms with Crippen LogP contribution in [-0.4, -0.2) is 24.7 Å². The predicted molar refractivity (Wildman–Crippen MR) is 71.3 cm³/mol.